The normalized spacial score (nSPS) is 16.4. The summed E-state index contributed by atoms with van der Waals surface area (Å²) >= 11 is 0. The Kier molecular flexibility index (Phi) is 6.49. The highest BCUT2D eigenvalue weighted by atomic mass is 19.1. The van der Waals surface area contributed by atoms with Crippen molar-refractivity contribution in [3.63, 3.8) is 0 Å². The molecule has 2 aromatic rings. The maximum absolute atomic E-state index is 13.1. The molecule has 0 aliphatic carbocycles. The molecule has 0 spiro atoms. The zero-order chi connectivity index (χ0) is 20.9. The van der Waals surface area contributed by atoms with Crippen molar-refractivity contribution in [1.29, 1.82) is 0 Å². The summed E-state index contributed by atoms with van der Waals surface area (Å²) in [5.41, 5.74) is 4.45. The molecule has 1 unspecified atom stereocenters. The van der Waals surface area contributed by atoms with E-state index < -0.39 is 0 Å². The number of hydrogen-bond donors (Lipinski definition) is 2. The van der Waals surface area contributed by atoms with Gasteiger partial charge in [0.15, 0.2) is 0 Å². The molecule has 2 N–H and O–H groups in total. The number of nitrogens with one attached hydrogen (secondary N) is 2. The van der Waals surface area contributed by atoms with Crippen molar-refractivity contribution in [2.24, 2.45) is 0 Å². The van der Waals surface area contributed by atoms with Crippen molar-refractivity contribution in [2.75, 3.05) is 32.5 Å². The van der Waals surface area contributed by atoms with E-state index in [1.807, 2.05) is 18.2 Å². The summed E-state index contributed by atoms with van der Waals surface area (Å²) in [4.78, 5) is 11.8. The predicted octanol–water partition coefficient (Wildman–Crippen LogP) is 4.19. The highest BCUT2D eigenvalue weighted by Gasteiger charge is 2.24. The number of carbonyl (C=O) groups excluding carboxylic acids is 1. The first-order valence-electron chi connectivity index (χ1n) is 9.89. The van der Waals surface area contributed by atoms with Gasteiger partial charge < -0.3 is 10.6 Å². The van der Waals surface area contributed by atoms with Crippen LogP contribution in [0, 0.1) is 5.82 Å². The summed E-state index contributed by atoms with van der Waals surface area (Å²) in [6, 6.07) is 16.5. The molecule has 4 nitrogen and oxygen atoms in total. The fraction of sp³-hybridized carbons (Fsp3) is 0.292. The average Bonchev–Trinajstić information content (AvgIpc) is 2.69. The van der Waals surface area contributed by atoms with E-state index in [0.717, 1.165) is 16.7 Å². The molecule has 1 aliphatic rings. The molecule has 1 atom stereocenters. The molecule has 152 valence electrons. The Bertz CT molecular complexity index is 901. The second kappa shape index (κ2) is 9.05. The van der Waals surface area contributed by atoms with Gasteiger partial charge in [0.25, 0.3) is 0 Å². The lowest BCUT2D eigenvalue weighted by molar-refractivity contribution is -0.832. The molecule has 0 saturated carbocycles. The molecular formula is C24H29FN3O+. The lowest BCUT2D eigenvalue weighted by Gasteiger charge is -2.31. The third kappa shape index (κ3) is 6.03. The van der Waals surface area contributed by atoms with Gasteiger partial charge in [0.05, 0.1) is 20.1 Å². The van der Waals surface area contributed by atoms with Crippen LogP contribution in [-0.4, -0.2) is 43.6 Å². The van der Waals surface area contributed by atoms with Gasteiger partial charge in [0.2, 0.25) is 5.91 Å². The standard InChI is InChI=1S/C24H28FN3O/c1-18(29)27-23(16-26-22-11-9-21(25)10-12-22)15-20-13-14-28(2,3)17-24(20)19-7-5-4-6-8-19/h4-13,17,23,26H,14-16H2,1-3H3/p+1. The second-order valence-corrected chi connectivity index (χ2v) is 8.09. The van der Waals surface area contributed by atoms with E-state index in [-0.39, 0.29) is 17.8 Å². The van der Waals surface area contributed by atoms with Gasteiger partial charge >= 0.3 is 0 Å². The average molecular weight is 395 g/mol. The van der Waals surface area contributed by atoms with Crippen LogP contribution in [0.3, 0.4) is 0 Å². The van der Waals surface area contributed by atoms with Gasteiger partial charge in [0.1, 0.15) is 18.6 Å². The first-order valence-corrected chi connectivity index (χ1v) is 9.89. The van der Waals surface area contributed by atoms with Crippen LogP contribution in [0.4, 0.5) is 10.1 Å². The molecule has 0 bridgehead atoms. The zero-order valence-electron chi connectivity index (χ0n) is 17.3. The van der Waals surface area contributed by atoms with Crippen molar-refractivity contribution in [2.45, 2.75) is 19.4 Å². The number of quaternary nitrogens is 1. The number of carbonyl (C=O) groups is 1. The first-order chi connectivity index (χ1) is 13.8. The Labute approximate surface area is 172 Å². The first kappa shape index (κ1) is 20.8. The van der Waals surface area contributed by atoms with Crippen LogP contribution in [0.1, 0.15) is 18.9 Å². The number of hydrogen-bond acceptors (Lipinski definition) is 2. The Balaban J connectivity index is 1.78. The molecule has 5 heteroatoms. The van der Waals surface area contributed by atoms with Gasteiger partial charge in [-0.1, -0.05) is 30.3 Å². The fourth-order valence-electron chi connectivity index (χ4n) is 3.55. The quantitative estimate of drug-likeness (QED) is 0.692. The third-order valence-corrected chi connectivity index (χ3v) is 4.99. The molecule has 0 saturated heterocycles. The number of amides is 1. The SMILES string of the molecule is CC(=O)NC(CNc1ccc(F)cc1)CC1=CC[N+](C)(C)C=C1c1ccccc1. The van der Waals surface area contributed by atoms with Crippen LogP contribution in [-0.2, 0) is 4.79 Å². The molecule has 1 aliphatic heterocycles. The van der Waals surface area contributed by atoms with E-state index in [1.165, 1.54) is 35.8 Å². The molecule has 1 heterocycles. The lowest BCUT2D eigenvalue weighted by atomic mass is 9.91. The molecule has 2 aromatic carbocycles. The van der Waals surface area contributed by atoms with Crippen LogP contribution < -0.4 is 10.6 Å². The van der Waals surface area contributed by atoms with E-state index in [1.54, 1.807) is 12.1 Å². The highest BCUT2D eigenvalue weighted by molar-refractivity contribution is 5.79. The third-order valence-electron chi connectivity index (χ3n) is 4.99. The maximum atomic E-state index is 13.1. The van der Waals surface area contributed by atoms with Crippen LogP contribution in [0.25, 0.3) is 5.57 Å². The molecule has 29 heavy (non-hydrogen) atoms. The number of rotatable bonds is 7. The van der Waals surface area contributed by atoms with Gasteiger partial charge in [-0.3, -0.25) is 9.28 Å². The van der Waals surface area contributed by atoms with E-state index in [0.29, 0.717) is 13.0 Å². The minimum absolute atomic E-state index is 0.0614. The Morgan fingerprint density at radius 2 is 1.79 bits per heavy atom. The van der Waals surface area contributed by atoms with Crippen molar-refractivity contribution in [1.82, 2.24) is 5.32 Å². The number of nitrogens with zero attached hydrogens (tertiary/aromatic N) is 1. The van der Waals surface area contributed by atoms with Crippen LogP contribution >= 0.6 is 0 Å². The van der Waals surface area contributed by atoms with Crippen LogP contribution in [0.5, 0.6) is 0 Å². The molecule has 0 aromatic heterocycles. The summed E-state index contributed by atoms with van der Waals surface area (Å²) in [6.07, 6.45) is 5.27. The summed E-state index contributed by atoms with van der Waals surface area (Å²) < 4.78 is 13.9. The van der Waals surface area contributed by atoms with Crippen molar-refractivity contribution in [3.8, 4) is 0 Å². The molecular weight excluding hydrogens is 365 g/mol. The van der Waals surface area contributed by atoms with Gasteiger partial charge in [0, 0.05) is 24.7 Å². The second-order valence-electron chi connectivity index (χ2n) is 8.09. The van der Waals surface area contributed by atoms with E-state index in [9.17, 15) is 9.18 Å². The minimum Gasteiger partial charge on any atom is -0.383 e. The van der Waals surface area contributed by atoms with E-state index >= 15 is 0 Å². The summed E-state index contributed by atoms with van der Waals surface area (Å²) in [5, 5.41) is 6.36. The predicted molar refractivity (Wildman–Crippen MR) is 117 cm³/mol. The van der Waals surface area contributed by atoms with E-state index in [2.05, 4.69) is 49.1 Å². The van der Waals surface area contributed by atoms with Crippen molar-refractivity contribution < 1.29 is 13.7 Å². The highest BCUT2D eigenvalue weighted by Crippen LogP contribution is 2.31. The lowest BCUT2D eigenvalue weighted by Crippen LogP contribution is -2.40. The zero-order valence-corrected chi connectivity index (χ0v) is 17.3. The van der Waals surface area contributed by atoms with Gasteiger partial charge in [-0.15, -0.1) is 0 Å². The largest absolute Gasteiger partial charge is 0.383 e. The smallest absolute Gasteiger partial charge is 0.217 e. The topological polar surface area (TPSA) is 41.1 Å². The molecule has 0 fully saturated rings. The minimum atomic E-state index is -0.264. The Hall–Kier alpha value is -2.92. The monoisotopic (exact) mass is 394 g/mol. The van der Waals surface area contributed by atoms with Gasteiger partial charge in [-0.2, -0.15) is 0 Å². The van der Waals surface area contributed by atoms with E-state index in [4.69, 9.17) is 0 Å². The summed E-state index contributed by atoms with van der Waals surface area (Å²) in [6.45, 7) is 3.00. The van der Waals surface area contributed by atoms with Gasteiger partial charge in [-0.05, 0) is 47.9 Å². The Morgan fingerprint density at radius 1 is 1.10 bits per heavy atom. The van der Waals surface area contributed by atoms with Crippen molar-refractivity contribution in [3.05, 3.63) is 83.8 Å². The number of allylic oxidation sites excluding steroid dienone is 1. The number of likely N-dealkylation sites (N-methyl/N-ethyl adjacent to an activating group) is 1. The van der Waals surface area contributed by atoms with Gasteiger partial charge in [-0.25, -0.2) is 4.39 Å². The van der Waals surface area contributed by atoms with Crippen molar-refractivity contribution >= 4 is 17.2 Å². The molecule has 0 radical (unpaired) electrons. The van der Waals surface area contributed by atoms with Crippen LogP contribution in [0.15, 0.2) is 72.4 Å². The number of halogens is 1. The maximum Gasteiger partial charge on any atom is 0.217 e. The molecule has 1 amide bonds. The number of benzene rings is 2. The Morgan fingerprint density at radius 3 is 2.45 bits per heavy atom. The molecule has 3 rings (SSSR count). The number of anilines is 1. The van der Waals surface area contributed by atoms with Crippen LogP contribution in [0.2, 0.25) is 0 Å². The summed E-state index contributed by atoms with van der Waals surface area (Å²) in [7, 11) is 4.36. The summed E-state index contributed by atoms with van der Waals surface area (Å²) in [5.74, 6) is -0.326. The fourth-order valence-corrected chi connectivity index (χ4v) is 3.55.